The van der Waals surface area contributed by atoms with Crippen molar-refractivity contribution in [3.63, 3.8) is 0 Å². The minimum atomic E-state index is -0.0142. The number of pyridine rings is 1. The monoisotopic (exact) mass is 488 g/mol. The highest BCUT2D eigenvalue weighted by molar-refractivity contribution is 5.81. The van der Waals surface area contributed by atoms with Crippen molar-refractivity contribution in [3.8, 4) is 0 Å². The van der Waals surface area contributed by atoms with Gasteiger partial charge in [-0.25, -0.2) is 9.97 Å². The topological polar surface area (TPSA) is 74.1 Å². The maximum atomic E-state index is 5.01. The van der Waals surface area contributed by atoms with Crippen LogP contribution in [-0.4, -0.2) is 71.2 Å². The van der Waals surface area contributed by atoms with Crippen LogP contribution in [0.1, 0.15) is 44.7 Å². The van der Waals surface area contributed by atoms with E-state index in [4.69, 9.17) is 4.98 Å². The molecule has 3 aromatic heterocycles. The molecule has 1 aliphatic heterocycles. The SMILES string of the molecule is C=Cc1cc2cnc(Nc3ccc(N4CCN(C)CC4)cn3)nc2n1C1(CNC)CCC(CC)CC1. The lowest BCUT2D eigenvalue weighted by molar-refractivity contribution is 0.155. The summed E-state index contributed by atoms with van der Waals surface area (Å²) in [6.07, 6.45) is 11.8. The molecule has 0 aromatic carbocycles. The summed E-state index contributed by atoms with van der Waals surface area (Å²) in [6.45, 7) is 11.6. The molecule has 4 heterocycles. The number of likely N-dealkylation sites (N-methyl/N-ethyl adjacent to an activating group) is 2. The normalized spacial score (nSPS) is 23.2. The molecule has 0 bridgehead atoms. The van der Waals surface area contributed by atoms with Gasteiger partial charge in [0.2, 0.25) is 5.95 Å². The number of piperazine rings is 1. The van der Waals surface area contributed by atoms with E-state index in [9.17, 15) is 0 Å². The van der Waals surface area contributed by atoms with E-state index in [1.807, 2.05) is 31.6 Å². The molecule has 8 heteroatoms. The Morgan fingerprint density at radius 1 is 1.11 bits per heavy atom. The lowest BCUT2D eigenvalue weighted by Crippen LogP contribution is -2.45. The van der Waals surface area contributed by atoms with Crippen molar-refractivity contribution in [2.75, 3.05) is 57.0 Å². The molecule has 0 spiro atoms. The number of nitrogens with zero attached hydrogens (tertiary/aromatic N) is 6. The molecule has 2 aliphatic rings. The molecule has 5 rings (SSSR count). The van der Waals surface area contributed by atoms with Gasteiger partial charge in [-0.3, -0.25) is 0 Å². The smallest absolute Gasteiger partial charge is 0.230 e. The van der Waals surface area contributed by atoms with Crippen LogP contribution in [0.15, 0.2) is 37.2 Å². The van der Waals surface area contributed by atoms with Crippen molar-refractivity contribution in [1.82, 2.24) is 29.7 Å². The Hall–Kier alpha value is -2.97. The third-order valence-electron chi connectivity index (χ3n) is 8.23. The van der Waals surface area contributed by atoms with Crippen LogP contribution < -0.4 is 15.5 Å². The van der Waals surface area contributed by atoms with Gasteiger partial charge in [-0.2, -0.15) is 4.98 Å². The van der Waals surface area contributed by atoms with E-state index in [0.717, 1.165) is 79.7 Å². The molecule has 0 unspecified atom stereocenters. The predicted molar refractivity (Wildman–Crippen MR) is 149 cm³/mol. The van der Waals surface area contributed by atoms with Crippen molar-refractivity contribution in [1.29, 1.82) is 0 Å². The number of nitrogens with one attached hydrogen (secondary N) is 2. The molecule has 36 heavy (non-hydrogen) atoms. The number of hydrogen-bond acceptors (Lipinski definition) is 7. The van der Waals surface area contributed by atoms with Crippen molar-refractivity contribution < 1.29 is 0 Å². The molecule has 0 radical (unpaired) electrons. The zero-order chi connectivity index (χ0) is 25.1. The van der Waals surface area contributed by atoms with Gasteiger partial charge in [0.1, 0.15) is 11.5 Å². The van der Waals surface area contributed by atoms with Gasteiger partial charge in [0.15, 0.2) is 0 Å². The lowest BCUT2D eigenvalue weighted by atomic mass is 9.75. The van der Waals surface area contributed by atoms with Crippen molar-refractivity contribution in [3.05, 3.63) is 42.9 Å². The van der Waals surface area contributed by atoms with Gasteiger partial charge < -0.3 is 25.0 Å². The third-order valence-corrected chi connectivity index (χ3v) is 8.23. The Balaban J connectivity index is 1.42. The average molecular weight is 489 g/mol. The molecule has 1 saturated heterocycles. The Bertz CT molecular complexity index is 1170. The number of hydrogen-bond donors (Lipinski definition) is 2. The molecule has 3 aromatic rings. The van der Waals surface area contributed by atoms with E-state index in [0.29, 0.717) is 5.95 Å². The zero-order valence-electron chi connectivity index (χ0n) is 22.0. The minimum Gasteiger partial charge on any atom is -0.368 e. The second-order valence-electron chi connectivity index (χ2n) is 10.5. The van der Waals surface area contributed by atoms with Gasteiger partial charge in [-0.15, -0.1) is 0 Å². The van der Waals surface area contributed by atoms with E-state index in [2.05, 4.69) is 67.7 Å². The van der Waals surface area contributed by atoms with Crippen LogP contribution in [0.25, 0.3) is 17.1 Å². The number of rotatable bonds is 8. The van der Waals surface area contributed by atoms with Crippen molar-refractivity contribution >= 4 is 34.6 Å². The fourth-order valence-electron chi connectivity index (χ4n) is 5.98. The summed E-state index contributed by atoms with van der Waals surface area (Å²) in [5, 5.41) is 7.85. The molecule has 8 nitrogen and oxygen atoms in total. The number of fused-ring (bicyclic) bond motifs is 1. The molecule has 2 fully saturated rings. The Morgan fingerprint density at radius 3 is 2.53 bits per heavy atom. The third kappa shape index (κ3) is 4.84. The standard InChI is InChI=1S/C28H40N8/c1-5-21-9-11-28(12-10-21,20-29-3)36-23(6-2)17-22-18-31-27(33-26(22)36)32-25-8-7-24(19-30-25)35-15-13-34(4)14-16-35/h6-8,17-19,21,29H,2,5,9-16,20H2,1,3-4H3,(H,30,31,32,33). The van der Waals surface area contributed by atoms with Crippen molar-refractivity contribution in [2.45, 2.75) is 44.6 Å². The number of anilines is 3. The van der Waals surface area contributed by atoms with E-state index in [1.165, 1.54) is 19.3 Å². The second-order valence-corrected chi connectivity index (χ2v) is 10.5. The maximum Gasteiger partial charge on any atom is 0.230 e. The molecule has 0 amide bonds. The summed E-state index contributed by atoms with van der Waals surface area (Å²) in [7, 11) is 4.22. The van der Waals surface area contributed by atoms with Crippen LogP contribution in [-0.2, 0) is 5.54 Å². The van der Waals surface area contributed by atoms with Crippen LogP contribution in [0.4, 0.5) is 17.5 Å². The van der Waals surface area contributed by atoms with Crippen LogP contribution in [0.5, 0.6) is 0 Å². The van der Waals surface area contributed by atoms with Crippen molar-refractivity contribution in [2.24, 2.45) is 5.92 Å². The first-order valence-electron chi connectivity index (χ1n) is 13.4. The first-order valence-corrected chi connectivity index (χ1v) is 13.4. The number of aromatic nitrogens is 4. The van der Waals surface area contributed by atoms with Crippen LogP contribution >= 0.6 is 0 Å². The van der Waals surface area contributed by atoms with Gasteiger partial charge in [-0.05, 0) is 70.0 Å². The van der Waals surface area contributed by atoms with Gasteiger partial charge in [0, 0.05) is 50.0 Å². The van der Waals surface area contributed by atoms with Gasteiger partial charge in [0.05, 0.1) is 17.4 Å². The largest absolute Gasteiger partial charge is 0.368 e. The molecule has 1 aliphatic carbocycles. The summed E-state index contributed by atoms with van der Waals surface area (Å²) in [4.78, 5) is 19.0. The fourth-order valence-corrected chi connectivity index (χ4v) is 5.98. The second kappa shape index (κ2) is 10.6. The summed E-state index contributed by atoms with van der Waals surface area (Å²) < 4.78 is 2.43. The molecule has 2 N–H and O–H groups in total. The Kier molecular flexibility index (Phi) is 7.25. The van der Waals surface area contributed by atoms with E-state index in [-0.39, 0.29) is 5.54 Å². The Morgan fingerprint density at radius 2 is 1.89 bits per heavy atom. The van der Waals surface area contributed by atoms with Gasteiger partial charge in [0.25, 0.3) is 0 Å². The van der Waals surface area contributed by atoms with Crippen LogP contribution in [0.2, 0.25) is 0 Å². The Labute approximate surface area is 214 Å². The molecular formula is C28H40N8. The lowest BCUT2D eigenvalue weighted by Gasteiger charge is -2.42. The zero-order valence-corrected chi connectivity index (χ0v) is 22.0. The molecular weight excluding hydrogens is 448 g/mol. The first-order chi connectivity index (χ1) is 17.5. The van der Waals surface area contributed by atoms with Crippen LogP contribution in [0, 0.1) is 5.92 Å². The van der Waals surface area contributed by atoms with E-state index in [1.54, 1.807) is 0 Å². The minimum absolute atomic E-state index is 0.0142. The summed E-state index contributed by atoms with van der Waals surface area (Å²) in [5.74, 6) is 2.14. The molecule has 192 valence electrons. The van der Waals surface area contributed by atoms with E-state index < -0.39 is 0 Å². The van der Waals surface area contributed by atoms with Gasteiger partial charge in [-0.1, -0.05) is 19.9 Å². The quantitative estimate of drug-likeness (QED) is 0.484. The van der Waals surface area contributed by atoms with Gasteiger partial charge >= 0.3 is 0 Å². The highest BCUT2D eigenvalue weighted by Crippen LogP contribution is 2.41. The molecule has 1 saturated carbocycles. The fraction of sp³-hybridized carbons (Fsp3) is 0.536. The predicted octanol–water partition coefficient (Wildman–Crippen LogP) is 4.48. The van der Waals surface area contributed by atoms with Crippen LogP contribution in [0.3, 0.4) is 0 Å². The summed E-state index contributed by atoms with van der Waals surface area (Å²) in [6, 6.07) is 6.31. The maximum absolute atomic E-state index is 5.01. The van der Waals surface area contributed by atoms with E-state index >= 15 is 0 Å². The molecule has 0 atom stereocenters. The average Bonchev–Trinajstić information content (AvgIpc) is 3.29. The summed E-state index contributed by atoms with van der Waals surface area (Å²) in [5.41, 5.74) is 3.21. The highest BCUT2D eigenvalue weighted by Gasteiger charge is 2.38. The first kappa shape index (κ1) is 24.7. The summed E-state index contributed by atoms with van der Waals surface area (Å²) >= 11 is 0. The highest BCUT2D eigenvalue weighted by atomic mass is 15.3.